The zero-order valence-electron chi connectivity index (χ0n) is 20.8. The van der Waals surface area contributed by atoms with Crippen LogP contribution in [0.2, 0.25) is 0 Å². The van der Waals surface area contributed by atoms with Crippen LogP contribution in [0.15, 0.2) is 29.3 Å². The van der Waals surface area contributed by atoms with Gasteiger partial charge in [-0.1, -0.05) is 65.9 Å². The third-order valence-electron chi connectivity index (χ3n) is 7.96. The molecule has 1 unspecified atom stereocenters. The second kappa shape index (κ2) is 10.5. The highest BCUT2D eigenvalue weighted by atomic mass is 79.9. The van der Waals surface area contributed by atoms with Gasteiger partial charge in [0.1, 0.15) is 11.4 Å². The molecule has 2 N–H and O–H groups in total. The summed E-state index contributed by atoms with van der Waals surface area (Å²) in [5, 5.41) is 22.0. The Balaban J connectivity index is 2.08. The summed E-state index contributed by atoms with van der Waals surface area (Å²) in [6, 6.07) is 5.00. The Morgan fingerprint density at radius 3 is 2.29 bits per heavy atom. The van der Waals surface area contributed by atoms with Crippen LogP contribution in [-0.4, -0.2) is 41.9 Å². The molecule has 34 heavy (non-hydrogen) atoms. The maximum atomic E-state index is 13.1. The molecule has 0 spiro atoms. The van der Waals surface area contributed by atoms with E-state index >= 15 is 0 Å². The minimum atomic E-state index is -0.905. The molecule has 2 bridgehead atoms. The summed E-state index contributed by atoms with van der Waals surface area (Å²) in [7, 11) is 0. The SMILES string of the molecule is CC1=C2Cc3cc(ccc3O)C(=O)OC(C)(C)C(Br)CC[C@](C)(O)[C@H](Br)CC[C@]2(C)[C@@H](Br)CC1. The molecule has 4 nitrogen and oxygen atoms in total. The summed E-state index contributed by atoms with van der Waals surface area (Å²) in [6.45, 7) is 10.1. The van der Waals surface area contributed by atoms with Crippen LogP contribution in [0.25, 0.3) is 0 Å². The largest absolute Gasteiger partial charge is 0.508 e. The van der Waals surface area contributed by atoms with Gasteiger partial charge in [-0.25, -0.2) is 4.79 Å². The van der Waals surface area contributed by atoms with Crippen molar-refractivity contribution in [2.75, 3.05) is 0 Å². The van der Waals surface area contributed by atoms with Crippen molar-refractivity contribution < 1.29 is 19.7 Å². The average molecular weight is 665 g/mol. The summed E-state index contributed by atoms with van der Waals surface area (Å²) in [6.07, 6.45) is 5.56. The molecule has 1 aromatic rings. The highest BCUT2D eigenvalue weighted by Crippen LogP contribution is 2.50. The molecule has 0 amide bonds. The standard InChI is InChI=1S/C27H37Br3O4/c1-16-6-9-22(29)26(4)12-10-23(30)27(5,33)13-11-21(28)25(2,3)34-24(32)17-7-8-20(31)18(14-17)15-19(16)26/h7-8,14,21-23,31,33H,6,9-13,15H2,1-5H3/t21?,22-,23+,26-,27-/m0/s1. The first kappa shape index (κ1) is 28.2. The topological polar surface area (TPSA) is 66.8 Å². The van der Waals surface area contributed by atoms with E-state index in [0.717, 1.165) is 31.2 Å². The highest BCUT2D eigenvalue weighted by molar-refractivity contribution is 9.10. The first-order valence-corrected chi connectivity index (χ1v) is 14.8. The Morgan fingerprint density at radius 2 is 1.62 bits per heavy atom. The van der Waals surface area contributed by atoms with Crippen LogP contribution in [0, 0.1) is 5.41 Å². The van der Waals surface area contributed by atoms with Crippen LogP contribution in [0.3, 0.4) is 0 Å². The van der Waals surface area contributed by atoms with Crippen LogP contribution in [0.4, 0.5) is 0 Å². The fourth-order valence-corrected chi connectivity index (χ4v) is 6.73. The zero-order chi connectivity index (χ0) is 25.5. The predicted octanol–water partition coefficient (Wildman–Crippen LogP) is 7.60. The lowest BCUT2D eigenvalue weighted by Crippen LogP contribution is -2.42. The van der Waals surface area contributed by atoms with E-state index in [1.54, 1.807) is 18.2 Å². The third-order valence-corrected chi connectivity index (χ3v) is 12.4. The number of halogens is 3. The number of benzene rings is 1. The molecule has 0 fully saturated rings. The number of ether oxygens (including phenoxy) is 1. The van der Waals surface area contributed by atoms with E-state index in [1.165, 1.54) is 11.1 Å². The number of phenolic OH excluding ortho intramolecular Hbond substituents is 1. The van der Waals surface area contributed by atoms with Gasteiger partial charge in [0, 0.05) is 15.1 Å². The summed E-state index contributed by atoms with van der Waals surface area (Å²) in [5.41, 5.74) is 2.00. The van der Waals surface area contributed by atoms with Crippen LogP contribution in [0.5, 0.6) is 5.75 Å². The van der Waals surface area contributed by atoms with Gasteiger partial charge >= 0.3 is 5.97 Å². The normalized spacial score (nSPS) is 35.4. The Morgan fingerprint density at radius 1 is 0.971 bits per heavy atom. The number of phenols is 1. The Labute approximate surface area is 229 Å². The lowest BCUT2D eigenvalue weighted by atomic mass is 9.66. The quantitative estimate of drug-likeness (QED) is 0.170. The van der Waals surface area contributed by atoms with Crippen molar-refractivity contribution in [1.29, 1.82) is 0 Å². The first-order valence-electron chi connectivity index (χ1n) is 12.1. The van der Waals surface area contributed by atoms with Gasteiger partial charge in [-0.3, -0.25) is 0 Å². The summed E-state index contributed by atoms with van der Waals surface area (Å²) in [5.74, 6) is -0.223. The molecular weight excluding hydrogens is 628 g/mol. The fraction of sp³-hybridized carbons (Fsp3) is 0.667. The van der Waals surface area contributed by atoms with Gasteiger partial charge in [-0.15, -0.1) is 0 Å². The second-order valence-corrected chi connectivity index (χ2v) is 14.4. The first-order chi connectivity index (χ1) is 15.7. The van der Waals surface area contributed by atoms with Crippen molar-refractivity contribution >= 4 is 53.8 Å². The molecule has 7 heteroatoms. The lowest BCUT2D eigenvalue weighted by Gasteiger charge is -2.44. The van der Waals surface area contributed by atoms with Crippen LogP contribution >= 0.6 is 47.8 Å². The van der Waals surface area contributed by atoms with E-state index in [2.05, 4.69) is 61.6 Å². The van der Waals surface area contributed by atoms with Crippen LogP contribution < -0.4 is 0 Å². The molecule has 190 valence electrons. The Kier molecular flexibility index (Phi) is 8.75. The molecule has 3 rings (SSSR count). The number of hydrogen-bond donors (Lipinski definition) is 2. The van der Waals surface area contributed by atoms with Crippen molar-refractivity contribution in [2.24, 2.45) is 5.41 Å². The number of carbonyl (C=O) groups excluding carboxylic acids is 1. The second-order valence-electron chi connectivity index (χ2n) is 11.1. The lowest BCUT2D eigenvalue weighted by molar-refractivity contribution is -0.00674. The predicted molar refractivity (Wildman–Crippen MR) is 149 cm³/mol. The number of alkyl halides is 3. The smallest absolute Gasteiger partial charge is 0.338 e. The molecular formula is C27H37Br3O4. The number of allylic oxidation sites excluding steroid dienone is 2. The van der Waals surface area contributed by atoms with Gasteiger partial charge in [-0.2, -0.15) is 0 Å². The molecule has 1 aliphatic heterocycles. The van der Waals surface area contributed by atoms with Gasteiger partial charge in [0.05, 0.1) is 16.0 Å². The molecule has 0 saturated carbocycles. The molecule has 0 radical (unpaired) electrons. The minimum Gasteiger partial charge on any atom is -0.508 e. The number of aliphatic hydroxyl groups is 1. The molecule has 1 heterocycles. The van der Waals surface area contributed by atoms with Crippen molar-refractivity contribution in [3.8, 4) is 5.75 Å². The third kappa shape index (κ3) is 5.95. The molecule has 1 aliphatic carbocycles. The monoisotopic (exact) mass is 662 g/mol. The minimum absolute atomic E-state index is 0.0741. The number of rotatable bonds is 0. The Hall–Kier alpha value is -0.370. The van der Waals surface area contributed by atoms with Crippen molar-refractivity contribution in [3.05, 3.63) is 40.5 Å². The summed E-state index contributed by atoms with van der Waals surface area (Å²) in [4.78, 5) is 13.2. The van der Waals surface area contributed by atoms with Gasteiger partial charge < -0.3 is 14.9 Å². The maximum Gasteiger partial charge on any atom is 0.338 e. The van der Waals surface area contributed by atoms with Crippen molar-refractivity contribution in [1.82, 2.24) is 0 Å². The fourth-order valence-electron chi connectivity index (χ4n) is 5.22. The maximum absolute atomic E-state index is 13.1. The number of esters is 1. The van der Waals surface area contributed by atoms with Gasteiger partial charge in [0.25, 0.3) is 0 Å². The van der Waals surface area contributed by atoms with Gasteiger partial charge in [-0.05, 0) is 96.4 Å². The number of carbonyl (C=O) groups is 1. The van der Waals surface area contributed by atoms with Crippen molar-refractivity contribution in [2.45, 2.75) is 105 Å². The highest BCUT2D eigenvalue weighted by Gasteiger charge is 2.42. The van der Waals surface area contributed by atoms with E-state index in [9.17, 15) is 15.0 Å². The number of cyclic esters (lactones) is 1. The molecule has 5 atom stereocenters. The average Bonchev–Trinajstić information content (AvgIpc) is 2.76. The van der Waals surface area contributed by atoms with E-state index in [1.807, 2.05) is 20.8 Å². The molecule has 0 saturated heterocycles. The van der Waals surface area contributed by atoms with Crippen molar-refractivity contribution in [3.63, 3.8) is 0 Å². The Bertz CT molecular complexity index is 955. The molecule has 1 aromatic carbocycles. The molecule has 2 aliphatic rings. The number of aromatic hydroxyl groups is 1. The zero-order valence-corrected chi connectivity index (χ0v) is 25.5. The van der Waals surface area contributed by atoms with E-state index in [-0.39, 0.29) is 20.8 Å². The van der Waals surface area contributed by atoms with E-state index < -0.39 is 17.2 Å². The molecule has 0 aromatic heterocycles. The van der Waals surface area contributed by atoms with Crippen LogP contribution in [0.1, 0.15) is 89.1 Å². The summed E-state index contributed by atoms with van der Waals surface area (Å²) >= 11 is 11.5. The van der Waals surface area contributed by atoms with Gasteiger partial charge in [0.15, 0.2) is 0 Å². The van der Waals surface area contributed by atoms with E-state index in [4.69, 9.17) is 4.74 Å². The number of hydrogen-bond acceptors (Lipinski definition) is 4. The van der Waals surface area contributed by atoms with Crippen LogP contribution in [-0.2, 0) is 11.2 Å². The number of fused-ring (bicyclic) bond motifs is 3. The van der Waals surface area contributed by atoms with Gasteiger partial charge in [0.2, 0.25) is 0 Å². The summed E-state index contributed by atoms with van der Waals surface area (Å²) < 4.78 is 5.91. The van der Waals surface area contributed by atoms with E-state index in [0.29, 0.717) is 29.7 Å².